The zero-order valence-corrected chi connectivity index (χ0v) is 14.4. The fourth-order valence-electron chi connectivity index (χ4n) is 2.40. The lowest BCUT2D eigenvalue weighted by Crippen LogP contribution is -2.33. The van der Waals surface area contributed by atoms with Crippen LogP contribution in [0.1, 0.15) is 46.7 Å². The SMILES string of the molecule is CCCN(CCC)C(=O)c1ccccc1NC(=O)c1cccs1. The Morgan fingerprint density at radius 1 is 1.04 bits per heavy atom. The van der Waals surface area contributed by atoms with Crippen molar-refractivity contribution in [3.8, 4) is 0 Å². The molecular weight excluding hydrogens is 308 g/mol. The van der Waals surface area contributed by atoms with Gasteiger partial charge in [-0.2, -0.15) is 0 Å². The standard InChI is InChI=1S/C18H22N2O2S/c1-3-11-20(12-4-2)18(22)14-8-5-6-9-15(14)19-17(21)16-10-7-13-23-16/h5-10,13H,3-4,11-12H2,1-2H3,(H,19,21). The number of rotatable bonds is 7. The monoisotopic (exact) mass is 330 g/mol. The summed E-state index contributed by atoms with van der Waals surface area (Å²) in [6, 6.07) is 10.8. The second-order valence-electron chi connectivity index (χ2n) is 5.27. The molecule has 0 spiro atoms. The van der Waals surface area contributed by atoms with E-state index in [1.807, 2.05) is 28.5 Å². The highest BCUT2D eigenvalue weighted by Crippen LogP contribution is 2.20. The number of amides is 2. The van der Waals surface area contributed by atoms with Crippen molar-refractivity contribution in [2.24, 2.45) is 0 Å². The maximum atomic E-state index is 12.8. The van der Waals surface area contributed by atoms with Crippen LogP contribution in [-0.2, 0) is 0 Å². The molecule has 23 heavy (non-hydrogen) atoms. The Morgan fingerprint density at radius 2 is 1.74 bits per heavy atom. The summed E-state index contributed by atoms with van der Waals surface area (Å²) in [6.45, 7) is 5.56. The van der Waals surface area contributed by atoms with Crippen LogP contribution < -0.4 is 5.32 Å². The van der Waals surface area contributed by atoms with Crippen LogP contribution in [0.15, 0.2) is 41.8 Å². The van der Waals surface area contributed by atoms with E-state index in [0.29, 0.717) is 16.1 Å². The van der Waals surface area contributed by atoms with Crippen LogP contribution >= 0.6 is 11.3 Å². The molecule has 1 aromatic carbocycles. The Balaban J connectivity index is 2.22. The molecule has 0 saturated carbocycles. The van der Waals surface area contributed by atoms with Crippen LogP contribution in [-0.4, -0.2) is 29.8 Å². The van der Waals surface area contributed by atoms with Gasteiger partial charge in [0, 0.05) is 13.1 Å². The second-order valence-corrected chi connectivity index (χ2v) is 6.22. The smallest absolute Gasteiger partial charge is 0.265 e. The molecule has 0 aliphatic rings. The van der Waals surface area contributed by atoms with E-state index in [-0.39, 0.29) is 11.8 Å². The molecule has 1 N–H and O–H groups in total. The van der Waals surface area contributed by atoms with Crippen LogP contribution in [0, 0.1) is 0 Å². The van der Waals surface area contributed by atoms with Gasteiger partial charge >= 0.3 is 0 Å². The number of thiophene rings is 1. The fourth-order valence-corrected chi connectivity index (χ4v) is 3.01. The molecule has 0 radical (unpaired) electrons. The fraction of sp³-hybridized carbons (Fsp3) is 0.333. The van der Waals surface area contributed by atoms with E-state index < -0.39 is 0 Å². The average molecular weight is 330 g/mol. The minimum Gasteiger partial charge on any atom is -0.339 e. The molecule has 1 aromatic heterocycles. The van der Waals surface area contributed by atoms with Crippen molar-refractivity contribution in [2.45, 2.75) is 26.7 Å². The van der Waals surface area contributed by atoms with Gasteiger partial charge in [0.05, 0.1) is 16.1 Å². The summed E-state index contributed by atoms with van der Waals surface area (Å²) in [5.41, 5.74) is 1.10. The Kier molecular flexibility index (Phi) is 6.35. The van der Waals surface area contributed by atoms with E-state index in [0.717, 1.165) is 25.9 Å². The van der Waals surface area contributed by atoms with E-state index in [2.05, 4.69) is 19.2 Å². The Labute approximate surface area is 141 Å². The van der Waals surface area contributed by atoms with E-state index in [1.54, 1.807) is 18.2 Å². The lowest BCUT2D eigenvalue weighted by Gasteiger charge is -2.22. The first kappa shape index (κ1) is 17.2. The number of para-hydroxylation sites is 1. The van der Waals surface area contributed by atoms with E-state index in [9.17, 15) is 9.59 Å². The molecule has 2 rings (SSSR count). The van der Waals surface area contributed by atoms with Crippen molar-refractivity contribution in [3.05, 3.63) is 52.2 Å². The minimum absolute atomic E-state index is 0.0317. The molecule has 0 fully saturated rings. The molecule has 5 heteroatoms. The molecule has 4 nitrogen and oxygen atoms in total. The molecule has 2 amide bonds. The molecule has 1 heterocycles. The van der Waals surface area contributed by atoms with Crippen LogP contribution in [0.2, 0.25) is 0 Å². The highest BCUT2D eigenvalue weighted by atomic mass is 32.1. The van der Waals surface area contributed by atoms with Gasteiger partial charge in [0.25, 0.3) is 11.8 Å². The first-order valence-electron chi connectivity index (χ1n) is 7.90. The van der Waals surface area contributed by atoms with Crippen LogP contribution in [0.4, 0.5) is 5.69 Å². The third kappa shape index (κ3) is 4.42. The summed E-state index contributed by atoms with van der Waals surface area (Å²) in [5, 5.41) is 4.71. The molecule has 0 bridgehead atoms. The van der Waals surface area contributed by atoms with Gasteiger partial charge in [-0.15, -0.1) is 11.3 Å². The van der Waals surface area contributed by atoms with Gasteiger partial charge < -0.3 is 10.2 Å². The lowest BCUT2D eigenvalue weighted by atomic mass is 10.1. The third-order valence-corrected chi connectivity index (χ3v) is 4.29. The van der Waals surface area contributed by atoms with Crippen molar-refractivity contribution < 1.29 is 9.59 Å². The predicted molar refractivity (Wildman–Crippen MR) is 95.2 cm³/mol. The first-order chi connectivity index (χ1) is 11.2. The van der Waals surface area contributed by atoms with E-state index in [4.69, 9.17) is 0 Å². The van der Waals surface area contributed by atoms with Crippen molar-refractivity contribution in [3.63, 3.8) is 0 Å². The van der Waals surface area contributed by atoms with Crippen molar-refractivity contribution in [2.75, 3.05) is 18.4 Å². The summed E-state index contributed by atoms with van der Waals surface area (Å²) < 4.78 is 0. The van der Waals surface area contributed by atoms with Gasteiger partial charge in [-0.25, -0.2) is 0 Å². The maximum absolute atomic E-state index is 12.8. The molecular formula is C18H22N2O2S. The lowest BCUT2D eigenvalue weighted by molar-refractivity contribution is 0.0756. The molecule has 0 atom stereocenters. The number of nitrogens with zero attached hydrogens (tertiary/aromatic N) is 1. The molecule has 0 aliphatic heterocycles. The number of carbonyl (C=O) groups excluding carboxylic acids is 2. The third-order valence-electron chi connectivity index (χ3n) is 3.42. The van der Waals surface area contributed by atoms with Crippen molar-refractivity contribution >= 4 is 28.8 Å². The summed E-state index contributed by atoms with van der Waals surface area (Å²) in [5.74, 6) is -0.214. The topological polar surface area (TPSA) is 49.4 Å². The molecule has 0 unspecified atom stereocenters. The number of hydrogen-bond donors (Lipinski definition) is 1. The highest BCUT2D eigenvalue weighted by Gasteiger charge is 2.19. The molecule has 0 saturated heterocycles. The maximum Gasteiger partial charge on any atom is 0.265 e. The van der Waals surface area contributed by atoms with Gasteiger partial charge in [-0.3, -0.25) is 9.59 Å². The summed E-state index contributed by atoms with van der Waals surface area (Å²) in [6.07, 6.45) is 1.82. The van der Waals surface area contributed by atoms with Crippen molar-refractivity contribution in [1.29, 1.82) is 0 Å². The normalized spacial score (nSPS) is 10.3. The summed E-state index contributed by atoms with van der Waals surface area (Å²) in [4.78, 5) is 27.5. The zero-order valence-electron chi connectivity index (χ0n) is 13.5. The predicted octanol–water partition coefficient (Wildman–Crippen LogP) is 4.26. The Hall–Kier alpha value is -2.14. The first-order valence-corrected chi connectivity index (χ1v) is 8.78. The number of hydrogen-bond acceptors (Lipinski definition) is 3. The highest BCUT2D eigenvalue weighted by molar-refractivity contribution is 7.12. The van der Waals surface area contributed by atoms with Crippen LogP contribution in [0.5, 0.6) is 0 Å². The Morgan fingerprint density at radius 3 is 2.35 bits per heavy atom. The number of nitrogens with one attached hydrogen (secondary N) is 1. The van der Waals surface area contributed by atoms with Crippen molar-refractivity contribution in [1.82, 2.24) is 4.90 Å². The molecule has 2 aromatic rings. The van der Waals surface area contributed by atoms with E-state index in [1.165, 1.54) is 11.3 Å². The largest absolute Gasteiger partial charge is 0.339 e. The van der Waals surface area contributed by atoms with Gasteiger partial charge in [0.2, 0.25) is 0 Å². The summed E-state index contributed by atoms with van der Waals surface area (Å²) >= 11 is 1.38. The molecule has 0 aliphatic carbocycles. The van der Waals surface area contributed by atoms with Gasteiger partial charge in [0.1, 0.15) is 0 Å². The summed E-state index contributed by atoms with van der Waals surface area (Å²) in [7, 11) is 0. The number of anilines is 1. The van der Waals surface area contributed by atoms with Gasteiger partial charge in [0.15, 0.2) is 0 Å². The van der Waals surface area contributed by atoms with Crippen LogP contribution in [0.3, 0.4) is 0 Å². The Bertz CT molecular complexity index is 647. The number of carbonyl (C=O) groups is 2. The number of benzene rings is 1. The minimum atomic E-state index is -0.183. The van der Waals surface area contributed by atoms with Gasteiger partial charge in [-0.05, 0) is 36.4 Å². The zero-order chi connectivity index (χ0) is 16.7. The van der Waals surface area contributed by atoms with E-state index >= 15 is 0 Å². The van der Waals surface area contributed by atoms with Crippen LogP contribution in [0.25, 0.3) is 0 Å². The second kappa shape index (κ2) is 8.48. The average Bonchev–Trinajstić information content (AvgIpc) is 3.09. The quantitative estimate of drug-likeness (QED) is 0.824. The van der Waals surface area contributed by atoms with Gasteiger partial charge in [-0.1, -0.05) is 32.0 Å². The molecule has 122 valence electrons.